The fraction of sp³-hybridized carbons (Fsp3) is 0.143. The average molecular weight is 449 g/mol. The number of nitrogens with one attached hydrogen (secondary N) is 1. The van der Waals surface area contributed by atoms with E-state index in [4.69, 9.17) is 10.5 Å². The monoisotopic (exact) mass is 448 g/mol. The lowest BCUT2D eigenvalue weighted by Gasteiger charge is -2.18. The summed E-state index contributed by atoms with van der Waals surface area (Å²) in [6, 6.07) is 20.0. The molecule has 0 saturated heterocycles. The first-order chi connectivity index (χ1) is 16.5. The second kappa shape index (κ2) is 7.71. The normalized spacial score (nSPS) is 17.3. The van der Waals surface area contributed by atoms with E-state index in [2.05, 4.69) is 35.2 Å². The van der Waals surface area contributed by atoms with E-state index in [1.165, 1.54) is 5.56 Å². The van der Waals surface area contributed by atoms with Crippen molar-refractivity contribution in [2.45, 2.75) is 25.7 Å². The predicted molar refractivity (Wildman–Crippen MR) is 130 cm³/mol. The summed E-state index contributed by atoms with van der Waals surface area (Å²) in [5, 5.41) is 7.37. The minimum absolute atomic E-state index is 0.0859. The number of fused-ring (bicyclic) bond motifs is 8. The van der Waals surface area contributed by atoms with Crippen molar-refractivity contribution in [3.8, 4) is 5.69 Å². The second-order valence-corrected chi connectivity index (χ2v) is 8.85. The number of hydrogen-bond donors (Lipinski definition) is 2. The molecule has 0 unspecified atom stereocenters. The van der Waals surface area contributed by atoms with Crippen LogP contribution in [0.2, 0.25) is 0 Å². The minimum Gasteiger partial charge on any atom is -0.399 e. The molecule has 0 radical (unpaired) electrons. The van der Waals surface area contributed by atoms with E-state index in [0.717, 1.165) is 39.1 Å². The van der Waals surface area contributed by atoms with Crippen LogP contribution in [0.3, 0.4) is 0 Å². The third-order valence-electron chi connectivity index (χ3n) is 6.74. The zero-order valence-corrected chi connectivity index (χ0v) is 18.8. The van der Waals surface area contributed by atoms with E-state index >= 15 is 0 Å². The van der Waals surface area contributed by atoms with Crippen LogP contribution < -0.4 is 11.1 Å². The van der Waals surface area contributed by atoms with Gasteiger partial charge < -0.3 is 15.8 Å². The topological polar surface area (TPSA) is 82.2 Å². The van der Waals surface area contributed by atoms with Crippen molar-refractivity contribution < 1.29 is 9.53 Å². The number of nitrogens with two attached hydrogens (primary N) is 1. The maximum Gasteiger partial charge on any atom is 0.251 e. The molecule has 6 heteroatoms. The smallest absolute Gasteiger partial charge is 0.251 e. The van der Waals surface area contributed by atoms with Gasteiger partial charge in [-0.05, 0) is 82.3 Å². The molecule has 2 aliphatic rings. The Hall–Kier alpha value is -4.16. The first-order valence-corrected chi connectivity index (χ1v) is 11.3. The molecule has 2 bridgehead atoms. The number of ether oxygens (including phenoxy) is 1. The van der Waals surface area contributed by atoms with Crippen molar-refractivity contribution >= 4 is 11.6 Å². The fourth-order valence-electron chi connectivity index (χ4n) is 4.91. The third kappa shape index (κ3) is 3.23. The van der Waals surface area contributed by atoms with E-state index in [1.807, 2.05) is 60.3 Å². The number of hydrogen-bond acceptors (Lipinski definition) is 4. The van der Waals surface area contributed by atoms with Gasteiger partial charge in [0.2, 0.25) is 0 Å². The molecule has 6 rings (SSSR count). The number of carbonyl (C=O) groups is 1. The van der Waals surface area contributed by atoms with Crippen LogP contribution in [0.4, 0.5) is 0 Å². The zero-order valence-electron chi connectivity index (χ0n) is 18.8. The Morgan fingerprint density at radius 1 is 1.03 bits per heavy atom. The molecule has 2 aliphatic heterocycles. The lowest BCUT2D eigenvalue weighted by Crippen LogP contribution is -2.23. The Balaban J connectivity index is 1.23. The Morgan fingerprint density at radius 2 is 1.76 bits per heavy atom. The van der Waals surface area contributed by atoms with Gasteiger partial charge in [-0.2, -0.15) is 5.10 Å². The Labute approximate surface area is 197 Å². The van der Waals surface area contributed by atoms with Gasteiger partial charge in [-0.25, -0.2) is 4.68 Å². The van der Waals surface area contributed by atoms with Crippen LogP contribution in [0.5, 0.6) is 0 Å². The van der Waals surface area contributed by atoms with Crippen molar-refractivity contribution in [1.82, 2.24) is 15.1 Å². The third-order valence-corrected chi connectivity index (χ3v) is 6.74. The van der Waals surface area contributed by atoms with Gasteiger partial charge in [0, 0.05) is 30.2 Å². The molecule has 4 aromatic rings. The number of aryl methyl sites for hydroxylation is 1. The van der Waals surface area contributed by atoms with E-state index in [0.29, 0.717) is 17.8 Å². The number of carbonyl (C=O) groups excluding carboxylic acids is 1. The van der Waals surface area contributed by atoms with Gasteiger partial charge >= 0.3 is 0 Å². The Bertz CT molecular complexity index is 1460. The van der Waals surface area contributed by atoms with Crippen molar-refractivity contribution in [1.29, 1.82) is 0 Å². The molecular formula is C28H24N4O2. The maximum absolute atomic E-state index is 13.0. The highest BCUT2D eigenvalue weighted by Crippen LogP contribution is 2.54. The standard InChI is InChI=1S/C28H24N4O2/c1-16-12-18(17(2)29)4-5-20(16)15-30-28(33)19-6-8-22-24(13-19)27-25-14-21(32-11-3-10-31-32)7-9-23(25)26(22)34-27/h3-14,26-27H,2,15,29H2,1H3,(H,30,33)/t26-,27+/m1/s1. The maximum atomic E-state index is 13.0. The van der Waals surface area contributed by atoms with E-state index < -0.39 is 0 Å². The molecule has 1 aromatic heterocycles. The van der Waals surface area contributed by atoms with Crippen molar-refractivity contribution in [2.24, 2.45) is 5.73 Å². The van der Waals surface area contributed by atoms with Crippen LogP contribution in [-0.2, 0) is 11.3 Å². The molecular weight excluding hydrogens is 424 g/mol. The summed E-state index contributed by atoms with van der Waals surface area (Å²) >= 11 is 0. The van der Waals surface area contributed by atoms with Crippen molar-refractivity contribution in [2.75, 3.05) is 0 Å². The number of rotatable bonds is 5. The molecule has 3 aromatic carbocycles. The largest absolute Gasteiger partial charge is 0.399 e. The number of aromatic nitrogens is 2. The fourth-order valence-corrected chi connectivity index (χ4v) is 4.91. The molecule has 0 saturated carbocycles. The lowest BCUT2D eigenvalue weighted by molar-refractivity contribution is 0.0857. The highest BCUT2D eigenvalue weighted by molar-refractivity contribution is 5.94. The van der Waals surface area contributed by atoms with E-state index in [1.54, 1.807) is 6.20 Å². The number of nitrogens with zero attached hydrogens (tertiary/aromatic N) is 2. The molecule has 34 heavy (non-hydrogen) atoms. The SMILES string of the molecule is C=C(N)c1ccc(CNC(=O)c2ccc3c(c2)[C@@H]2O[C@H]3c3ccc(-n4cccn4)cc32)c(C)c1. The van der Waals surface area contributed by atoms with Gasteiger partial charge in [-0.15, -0.1) is 0 Å². The molecule has 1 amide bonds. The van der Waals surface area contributed by atoms with Crippen LogP contribution in [0, 0.1) is 6.92 Å². The van der Waals surface area contributed by atoms with Gasteiger partial charge in [0.05, 0.1) is 5.69 Å². The van der Waals surface area contributed by atoms with Crippen LogP contribution >= 0.6 is 0 Å². The van der Waals surface area contributed by atoms with Crippen LogP contribution in [0.15, 0.2) is 79.6 Å². The first kappa shape index (κ1) is 20.4. The molecule has 3 N–H and O–H groups in total. The summed E-state index contributed by atoms with van der Waals surface area (Å²) in [5.74, 6) is -0.109. The molecule has 6 nitrogen and oxygen atoms in total. The number of amides is 1. The molecule has 0 aliphatic carbocycles. The second-order valence-electron chi connectivity index (χ2n) is 8.85. The zero-order chi connectivity index (χ0) is 23.4. The highest BCUT2D eigenvalue weighted by atomic mass is 16.5. The predicted octanol–water partition coefficient (Wildman–Crippen LogP) is 4.56. The summed E-state index contributed by atoms with van der Waals surface area (Å²) in [6.45, 7) is 6.23. The summed E-state index contributed by atoms with van der Waals surface area (Å²) in [7, 11) is 0. The number of benzene rings is 3. The molecule has 0 spiro atoms. The molecule has 2 atom stereocenters. The Kier molecular flexibility index (Phi) is 4.64. The van der Waals surface area contributed by atoms with Gasteiger partial charge in [0.15, 0.2) is 0 Å². The van der Waals surface area contributed by atoms with Gasteiger partial charge in [-0.3, -0.25) is 4.79 Å². The lowest BCUT2D eigenvalue weighted by atomic mass is 9.85. The highest BCUT2D eigenvalue weighted by Gasteiger charge is 2.43. The van der Waals surface area contributed by atoms with Gasteiger partial charge in [0.1, 0.15) is 12.2 Å². The first-order valence-electron chi connectivity index (χ1n) is 11.3. The van der Waals surface area contributed by atoms with Gasteiger partial charge in [0.25, 0.3) is 5.91 Å². The quantitative estimate of drug-likeness (QED) is 0.469. The summed E-state index contributed by atoms with van der Waals surface area (Å²) in [4.78, 5) is 13.0. The Morgan fingerprint density at radius 3 is 2.50 bits per heavy atom. The van der Waals surface area contributed by atoms with Gasteiger partial charge in [-0.1, -0.05) is 30.8 Å². The average Bonchev–Trinajstić information content (AvgIpc) is 3.58. The van der Waals surface area contributed by atoms with Crippen molar-refractivity contribution in [3.05, 3.63) is 124 Å². The summed E-state index contributed by atoms with van der Waals surface area (Å²) < 4.78 is 8.16. The van der Waals surface area contributed by atoms with Crippen LogP contribution in [0.25, 0.3) is 11.4 Å². The summed E-state index contributed by atoms with van der Waals surface area (Å²) in [5.41, 5.74) is 15.5. The molecule has 168 valence electrons. The van der Waals surface area contributed by atoms with E-state index in [9.17, 15) is 4.79 Å². The minimum atomic E-state index is -0.169. The van der Waals surface area contributed by atoms with E-state index in [-0.39, 0.29) is 18.1 Å². The molecule has 0 fully saturated rings. The van der Waals surface area contributed by atoms with Crippen molar-refractivity contribution in [3.63, 3.8) is 0 Å². The summed E-state index contributed by atoms with van der Waals surface area (Å²) in [6.07, 6.45) is 3.43. The van der Waals surface area contributed by atoms with Crippen LogP contribution in [0.1, 0.15) is 61.5 Å². The molecule has 3 heterocycles. The van der Waals surface area contributed by atoms with Crippen LogP contribution in [-0.4, -0.2) is 15.7 Å².